The predicted octanol–water partition coefficient (Wildman–Crippen LogP) is 5.20. The second-order valence-corrected chi connectivity index (χ2v) is 7.55. The van der Waals surface area contributed by atoms with Crippen molar-refractivity contribution in [2.45, 2.75) is 0 Å². The average molecular weight is 478 g/mol. The van der Waals surface area contributed by atoms with Crippen molar-refractivity contribution in [3.05, 3.63) is 104 Å². The molecule has 1 heterocycles. The largest absolute Gasteiger partial charge is 0.497 e. The summed E-state index contributed by atoms with van der Waals surface area (Å²) in [5, 5.41) is 11.4. The van der Waals surface area contributed by atoms with E-state index in [4.69, 9.17) is 4.74 Å². The Hall–Kier alpha value is -3.78. The van der Waals surface area contributed by atoms with Gasteiger partial charge in [0, 0.05) is 16.1 Å². The number of hydrogen-bond donors (Lipinski definition) is 0. The van der Waals surface area contributed by atoms with Crippen molar-refractivity contribution in [1.82, 2.24) is 0 Å². The molecule has 3 aromatic carbocycles. The normalized spacial score (nSPS) is 14.6. The van der Waals surface area contributed by atoms with Crippen LogP contribution in [0.15, 0.2) is 88.0 Å². The van der Waals surface area contributed by atoms with Gasteiger partial charge >= 0.3 is 0 Å². The standard InChI is InChI=1S/C23H16BrN3O4/c1-31-19-11-9-15(10-12-19)22-25-20(13-16-5-2-3-8-21(16)27(29)30)23(28)26(22)18-7-4-6-17(24)14-18/h2-14H,1H3/b20-13+. The lowest BCUT2D eigenvalue weighted by Gasteiger charge is -2.19. The highest BCUT2D eigenvalue weighted by atomic mass is 79.9. The fourth-order valence-corrected chi connectivity index (χ4v) is 3.62. The number of halogens is 1. The number of aliphatic imine (C=N–C) groups is 1. The molecule has 0 saturated heterocycles. The van der Waals surface area contributed by atoms with Gasteiger partial charge in [-0.25, -0.2) is 4.99 Å². The van der Waals surface area contributed by atoms with E-state index < -0.39 is 4.92 Å². The van der Waals surface area contributed by atoms with Crippen LogP contribution in [-0.2, 0) is 4.79 Å². The number of nitrogens with zero attached hydrogens (tertiary/aromatic N) is 3. The fourth-order valence-electron chi connectivity index (χ4n) is 3.23. The van der Waals surface area contributed by atoms with Crippen LogP contribution in [0.3, 0.4) is 0 Å². The number of ether oxygens (including phenoxy) is 1. The number of para-hydroxylation sites is 1. The average Bonchev–Trinajstić information content (AvgIpc) is 3.10. The molecular formula is C23H16BrN3O4. The van der Waals surface area contributed by atoms with E-state index in [0.29, 0.717) is 28.4 Å². The molecular weight excluding hydrogens is 462 g/mol. The maximum absolute atomic E-state index is 13.3. The molecule has 3 aromatic rings. The minimum Gasteiger partial charge on any atom is -0.497 e. The fraction of sp³-hybridized carbons (Fsp3) is 0.0435. The number of rotatable bonds is 5. The highest BCUT2D eigenvalue weighted by Gasteiger charge is 2.33. The summed E-state index contributed by atoms with van der Waals surface area (Å²) >= 11 is 3.43. The highest BCUT2D eigenvalue weighted by molar-refractivity contribution is 9.10. The van der Waals surface area contributed by atoms with Crippen molar-refractivity contribution in [2.75, 3.05) is 12.0 Å². The molecule has 31 heavy (non-hydrogen) atoms. The van der Waals surface area contributed by atoms with E-state index in [2.05, 4.69) is 20.9 Å². The molecule has 0 aromatic heterocycles. The quantitative estimate of drug-likeness (QED) is 0.287. The van der Waals surface area contributed by atoms with Crippen LogP contribution in [0.1, 0.15) is 11.1 Å². The third-order valence-electron chi connectivity index (χ3n) is 4.70. The molecule has 1 aliphatic heterocycles. The van der Waals surface area contributed by atoms with Crippen molar-refractivity contribution < 1.29 is 14.5 Å². The number of amidine groups is 1. The number of benzene rings is 3. The van der Waals surface area contributed by atoms with Gasteiger partial charge in [-0.05, 0) is 54.6 Å². The summed E-state index contributed by atoms with van der Waals surface area (Å²) in [6, 6.07) is 20.7. The molecule has 154 valence electrons. The van der Waals surface area contributed by atoms with Gasteiger partial charge in [0.15, 0.2) is 0 Å². The molecule has 8 heteroatoms. The zero-order valence-corrected chi connectivity index (χ0v) is 17.9. The van der Waals surface area contributed by atoms with Crippen LogP contribution in [0.25, 0.3) is 6.08 Å². The van der Waals surface area contributed by atoms with Crippen LogP contribution < -0.4 is 9.64 Å². The first kappa shape index (κ1) is 20.5. The molecule has 0 radical (unpaired) electrons. The maximum atomic E-state index is 13.3. The number of carbonyl (C=O) groups excluding carboxylic acids is 1. The van der Waals surface area contributed by atoms with Gasteiger partial charge in [0.25, 0.3) is 11.6 Å². The van der Waals surface area contributed by atoms with Gasteiger partial charge in [0.05, 0.1) is 23.3 Å². The van der Waals surface area contributed by atoms with Crippen molar-refractivity contribution in [3.8, 4) is 5.75 Å². The number of methoxy groups -OCH3 is 1. The second-order valence-electron chi connectivity index (χ2n) is 6.63. The van der Waals surface area contributed by atoms with Crippen molar-refractivity contribution >= 4 is 45.1 Å². The van der Waals surface area contributed by atoms with Crippen LogP contribution in [0.2, 0.25) is 0 Å². The Morgan fingerprint density at radius 1 is 1.06 bits per heavy atom. The minimum atomic E-state index is -0.480. The molecule has 0 saturated carbocycles. The Labute approximate surface area is 186 Å². The van der Waals surface area contributed by atoms with E-state index in [1.54, 1.807) is 43.5 Å². The first-order valence-corrected chi connectivity index (χ1v) is 10.1. The molecule has 0 bridgehead atoms. The molecule has 1 aliphatic rings. The van der Waals surface area contributed by atoms with E-state index >= 15 is 0 Å². The summed E-state index contributed by atoms with van der Waals surface area (Å²) < 4.78 is 6.02. The SMILES string of the molecule is COc1ccc(C2=N/C(=C/c3ccccc3[N+](=O)[O-])C(=O)N2c2cccc(Br)c2)cc1. The monoisotopic (exact) mass is 477 g/mol. The third kappa shape index (κ3) is 4.10. The first-order valence-electron chi connectivity index (χ1n) is 9.26. The minimum absolute atomic E-state index is 0.0927. The summed E-state index contributed by atoms with van der Waals surface area (Å²) in [6.45, 7) is 0. The third-order valence-corrected chi connectivity index (χ3v) is 5.19. The summed E-state index contributed by atoms with van der Waals surface area (Å²) in [5.41, 5.74) is 1.66. The smallest absolute Gasteiger partial charge is 0.282 e. The first-order chi connectivity index (χ1) is 15.0. The number of carbonyl (C=O) groups is 1. The molecule has 0 N–H and O–H groups in total. The maximum Gasteiger partial charge on any atom is 0.282 e. The number of amides is 1. The molecule has 4 rings (SSSR count). The predicted molar refractivity (Wildman–Crippen MR) is 122 cm³/mol. The zero-order chi connectivity index (χ0) is 22.0. The van der Waals surface area contributed by atoms with Gasteiger partial charge in [0.2, 0.25) is 0 Å². The van der Waals surface area contributed by atoms with Crippen LogP contribution in [0, 0.1) is 10.1 Å². The zero-order valence-electron chi connectivity index (χ0n) is 16.4. The lowest BCUT2D eigenvalue weighted by molar-refractivity contribution is -0.385. The summed E-state index contributed by atoms with van der Waals surface area (Å²) in [4.78, 5) is 30.3. The van der Waals surface area contributed by atoms with Crippen LogP contribution in [0.4, 0.5) is 11.4 Å². The van der Waals surface area contributed by atoms with Gasteiger partial charge in [-0.3, -0.25) is 19.8 Å². The molecule has 0 spiro atoms. The van der Waals surface area contributed by atoms with Crippen LogP contribution >= 0.6 is 15.9 Å². The summed E-state index contributed by atoms with van der Waals surface area (Å²) in [7, 11) is 1.58. The van der Waals surface area contributed by atoms with Gasteiger partial charge in [-0.1, -0.05) is 34.1 Å². The van der Waals surface area contributed by atoms with Gasteiger partial charge in [-0.15, -0.1) is 0 Å². The number of nitro groups is 1. The number of anilines is 1. The molecule has 0 atom stereocenters. The van der Waals surface area contributed by atoms with E-state index in [1.807, 2.05) is 30.3 Å². The van der Waals surface area contributed by atoms with Crippen LogP contribution in [0.5, 0.6) is 5.75 Å². The van der Waals surface area contributed by atoms with E-state index in [1.165, 1.54) is 17.0 Å². The number of hydrogen-bond acceptors (Lipinski definition) is 5. The van der Waals surface area contributed by atoms with Crippen molar-refractivity contribution in [3.63, 3.8) is 0 Å². The molecule has 0 fully saturated rings. The lowest BCUT2D eigenvalue weighted by Crippen LogP contribution is -2.32. The van der Waals surface area contributed by atoms with E-state index in [9.17, 15) is 14.9 Å². The number of nitro benzene ring substituents is 1. The van der Waals surface area contributed by atoms with E-state index in [-0.39, 0.29) is 17.3 Å². The topological polar surface area (TPSA) is 85.0 Å². The molecule has 0 unspecified atom stereocenters. The Morgan fingerprint density at radius 3 is 2.48 bits per heavy atom. The highest BCUT2D eigenvalue weighted by Crippen LogP contribution is 2.31. The molecule has 0 aliphatic carbocycles. The molecule has 7 nitrogen and oxygen atoms in total. The summed E-state index contributed by atoms with van der Waals surface area (Å²) in [5.74, 6) is 0.732. The van der Waals surface area contributed by atoms with Gasteiger partial charge in [-0.2, -0.15) is 0 Å². The van der Waals surface area contributed by atoms with Crippen LogP contribution in [-0.4, -0.2) is 23.8 Å². The summed E-state index contributed by atoms with van der Waals surface area (Å²) in [6.07, 6.45) is 1.45. The molecule has 1 amide bonds. The van der Waals surface area contributed by atoms with Crippen molar-refractivity contribution in [1.29, 1.82) is 0 Å². The Balaban J connectivity index is 1.85. The van der Waals surface area contributed by atoms with E-state index in [0.717, 1.165) is 4.47 Å². The second kappa shape index (κ2) is 8.53. The lowest BCUT2D eigenvalue weighted by atomic mass is 10.1. The van der Waals surface area contributed by atoms with Gasteiger partial charge < -0.3 is 4.74 Å². The van der Waals surface area contributed by atoms with Crippen molar-refractivity contribution in [2.24, 2.45) is 4.99 Å². The Bertz CT molecular complexity index is 1240. The Morgan fingerprint density at radius 2 is 1.81 bits per heavy atom. The Kier molecular flexibility index (Phi) is 5.64. The van der Waals surface area contributed by atoms with Gasteiger partial charge in [0.1, 0.15) is 17.3 Å².